The highest BCUT2D eigenvalue weighted by Gasteiger charge is 2.18. The van der Waals surface area contributed by atoms with Crippen LogP contribution in [-0.4, -0.2) is 0 Å². The molecule has 1 heterocycles. The van der Waals surface area contributed by atoms with Gasteiger partial charge in [0.1, 0.15) is 13.2 Å². The second-order valence-corrected chi connectivity index (χ2v) is 7.66. The second-order valence-electron chi connectivity index (χ2n) is 7.66. The van der Waals surface area contributed by atoms with E-state index in [0.29, 0.717) is 30.3 Å². The summed E-state index contributed by atoms with van der Waals surface area (Å²) in [6.07, 6.45) is 0. The monoisotopic (exact) mass is 434 g/mol. The van der Waals surface area contributed by atoms with Crippen molar-refractivity contribution >= 4 is 11.0 Å². The molecule has 0 aliphatic heterocycles. The summed E-state index contributed by atoms with van der Waals surface area (Å²) in [6.45, 7) is 0.692. The van der Waals surface area contributed by atoms with Crippen LogP contribution in [0.4, 0.5) is 0 Å². The fourth-order valence-electron chi connectivity index (χ4n) is 3.76. The summed E-state index contributed by atoms with van der Waals surface area (Å²) in [6, 6.07) is 34.8. The van der Waals surface area contributed by atoms with Crippen molar-refractivity contribution in [3.05, 3.63) is 131 Å². The quantitative estimate of drug-likeness (QED) is 0.270. The topological polar surface area (TPSA) is 48.7 Å². The first-order chi connectivity index (χ1) is 16.3. The van der Waals surface area contributed by atoms with E-state index < -0.39 is 5.63 Å². The molecule has 4 heteroatoms. The summed E-state index contributed by atoms with van der Waals surface area (Å²) in [7, 11) is 0. The van der Waals surface area contributed by atoms with E-state index in [1.807, 2.05) is 103 Å². The molecule has 4 nitrogen and oxygen atoms in total. The van der Waals surface area contributed by atoms with Crippen molar-refractivity contribution in [2.24, 2.45) is 0 Å². The van der Waals surface area contributed by atoms with Crippen LogP contribution in [0.3, 0.4) is 0 Å². The molecule has 0 bridgehead atoms. The van der Waals surface area contributed by atoms with E-state index in [2.05, 4.69) is 0 Å². The average Bonchev–Trinajstić information content (AvgIpc) is 2.87. The minimum absolute atomic E-state index is 0.320. The molecule has 0 aliphatic rings. The first-order valence-corrected chi connectivity index (χ1v) is 10.8. The van der Waals surface area contributed by atoms with E-state index in [0.717, 1.165) is 27.6 Å². The number of hydrogen-bond donors (Lipinski definition) is 0. The molecule has 162 valence electrons. The predicted octanol–water partition coefficient (Wildman–Crippen LogP) is 6.62. The molecule has 5 rings (SSSR count). The Labute approximate surface area is 191 Å². The molecular weight excluding hydrogens is 412 g/mol. The highest BCUT2D eigenvalue weighted by atomic mass is 16.5. The normalized spacial score (nSPS) is 10.8. The van der Waals surface area contributed by atoms with Crippen LogP contribution in [-0.2, 0) is 13.2 Å². The minimum Gasteiger partial charge on any atom is -0.485 e. The first-order valence-electron chi connectivity index (χ1n) is 10.8. The third-order valence-corrected chi connectivity index (χ3v) is 5.38. The molecule has 0 saturated heterocycles. The highest BCUT2D eigenvalue weighted by Crippen LogP contribution is 2.39. The molecule has 0 atom stereocenters. The molecule has 4 aromatic carbocycles. The Morgan fingerprint density at radius 2 is 1.21 bits per heavy atom. The number of benzene rings is 4. The lowest BCUT2D eigenvalue weighted by Crippen LogP contribution is -2.04. The molecule has 0 spiro atoms. The van der Waals surface area contributed by atoms with Crippen molar-refractivity contribution in [3.8, 4) is 22.6 Å². The Morgan fingerprint density at radius 1 is 0.636 bits per heavy atom. The van der Waals surface area contributed by atoms with Crippen LogP contribution in [0.1, 0.15) is 11.1 Å². The molecular formula is C29H22O4. The van der Waals surface area contributed by atoms with E-state index in [4.69, 9.17) is 13.9 Å². The van der Waals surface area contributed by atoms with E-state index in [-0.39, 0.29) is 0 Å². The summed E-state index contributed by atoms with van der Waals surface area (Å²) < 4.78 is 18.0. The summed E-state index contributed by atoms with van der Waals surface area (Å²) in [4.78, 5) is 12.5. The molecule has 0 unspecified atom stereocenters. The maximum absolute atomic E-state index is 12.5. The molecule has 5 aromatic rings. The molecule has 0 fully saturated rings. The fourth-order valence-corrected chi connectivity index (χ4v) is 3.76. The third kappa shape index (κ3) is 4.65. The Morgan fingerprint density at radius 3 is 1.85 bits per heavy atom. The molecule has 33 heavy (non-hydrogen) atoms. The zero-order valence-corrected chi connectivity index (χ0v) is 17.9. The van der Waals surface area contributed by atoms with Crippen molar-refractivity contribution in [1.82, 2.24) is 0 Å². The molecule has 1 aromatic heterocycles. The number of hydrogen-bond acceptors (Lipinski definition) is 4. The van der Waals surface area contributed by atoms with E-state index in [9.17, 15) is 4.79 Å². The van der Waals surface area contributed by atoms with E-state index in [1.165, 1.54) is 6.07 Å². The Hall–Kier alpha value is -4.31. The standard InChI is InChI=1S/C29H22O4/c30-27-18-25(23-14-8-3-9-15-23)24-16-17-26(31-19-21-10-4-1-5-11-21)29(28(24)33-27)32-20-22-12-6-2-7-13-22/h1-18H,19-20H2. The molecule has 0 aliphatic carbocycles. The second kappa shape index (κ2) is 9.45. The molecule has 0 N–H and O–H groups in total. The fraction of sp³-hybridized carbons (Fsp3) is 0.0690. The van der Waals surface area contributed by atoms with Crippen molar-refractivity contribution in [1.29, 1.82) is 0 Å². The van der Waals surface area contributed by atoms with Crippen molar-refractivity contribution < 1.29 is 13.9 Å². The van der Waals surface area contributed by atoms with Gasteiger partial charge in [-0.15, -0.1) is 0 Å². The van der Waals surface area contributed by atoms with Crippen molar-refractivity contribution in [3.63, 3.8) is 0 Å². The van der Waals surface area contributed by atoms with Gasteiger partial charge in [0.25, 0.3) is 0 Å². The first kappa shape index (κ1) is 20.6. The van der Waals surface area contributed by atoms with Crippen LogP contribution in [0.5, 0.6) is 11.5 Å². The summed E-state index contributed by atoms with van der Waals surface area (Å²) in [5.41, 5.74) is 3.70. The minimum atomic E-state index is -0.439. The summed E-state index contributed by atoms with van der Waals surface area (Å²) in [5, 5.41) is 0.788. The largest absolute Gasteiger partial charge is 0.485 e. The van der Waals surface area contributed by atoms with Gasteiger partial charge in [-0.1, -0.05) is 91.0 Å². The van der Waals surface area contributed by atoms with Gasteiger partial charge in [-0.2, -0.15) is 0 Å². The lowest BCUT2D eigenvalue weighted by molar-refractivity contribution is 0.255. The van der Waals surface area contributed by atoms with Gasteiger partial charge < -0.3 is 13.9 Å². The smallest absolute Gasteiger partial charge is 0.336 e. The van der Waals surface area contributed by atoms with Gasteiger partial charge in [0, 0.05) is 11.5 Å². The summed E-state index contributed by atoms with van der Waals surface area (Å²) in [5.74, 6) is 0.942. The van der Waals surface area contributed by atoms with Crippen LogP contribution in [0.2, 0.25) is 0 Å². The lowest BCUT2D eigenvalue weighted by atomic mass is 10.0. The zero-order valence-electron chi connectivity index (χ0n) is 17.9. The Balaban J connectivity index is 1.60. The maximum atomic E-state index is 12.5. The van der Waals surface area contributed by atoms with E-state index in [1.54, 1.807) is 0 Å². The zero-order chi connectivity index (χ0) is 22.5. The number of fused-ring (bicyclic) bond motifs is 1. The van der Waals surface area contributed by atoms with Gasteiger partial charge in [-0.3, -0.25) is 0 Å². The van der Waals surface area contributed by atoms with Crippen molar-refractivity contribution in [2.45, 2.75) is 13.2 Å². The maximum Gasteiger partial charge on any atom is 0.336 e. The van der Waals surface area contributed by atoms with Gasteiger partial charge in [0.05, 0.1) is 0 Å². The van der Waals surface area contributed by atoms with Gasteiger partial charge in [-0.05, 0) is 34.4 Å². The number of ether oxygens (including phenoxy) is 2. The van der Waals surface area contributed by atoms with Gasteiger partial charge in [-0.25, -0.2) is 4.79 Å². The van der Waals surface area contributed by atoms with E-state index >= 15 is 0 Å². The number of rotatable bonds is 7. The van der Waals surface area contributed by atoms with Gasteiger partial charge >= 0.3 is 5.63 Å². The lowest BCUT2D eigenvalue weighted by Gasteiger charge is -2.16. The predicted molar refractivity (Wildman–Crippen MR) is 129 cm³/mol. The molecule has 0 saturated carbocycles. The molecule has 0 amide bonds. The van der Waals surface area contributed by atoms with Gasteiger partial charge in [0.15, 0.2) is 11.3 Å². The van der Waals surface area contributed by atoms with Crippen LogP contribution in [0.15, 0.2) is 118 Å². The van der Waals surface area contributed by atoms with Crippen molar-refractivity contribution in [2.75, 3.05) is 0 Å². The van der Waals surface area contributed by atoms with Crippen LogP contribution in [0, 0.1) is 0 Å². The Kier molecular flexibility index (Phi) is 5.89. The molecule has 0 radical (unpaired) electrons. The third-order valence-electron chi connectivity index (χ3n) is 5.38. The van der Waals surface area contributed by atoms with Gasteiger partial charge in [0.2, 0.25) is 5.75 Å². The summed E-state index contributed by atoms with van der Waals surface area (Å²) >= 11 is 0. The highest BCUT2D eigenvalue weighted by molar-refractivity contribution is 5.97. The average molecular weight is 434 g/mol. The van der Waals surface area contributed by atoms with Crippen LogP contribution < -0.4 is 15.1 Å². The SMILES string of the molecule is O=c1cc(-c2ccccc2)c2ccc(OCc3ccccc3)c(OCc3ccccc3)c2o1. The Bertz CT molecular complexity index is 1410. The van der Waals surface area contributed by atoms with Crippen LogP contribution in [0.25, 0.3) is 22.1 Å². The van der Waals surface area contributed by atoms with Crippen LogP contribution >= 0.6 is 0 Å².